The van der Waals surface area contributed by atoms with Gasteiger partial charge >= 0.3 is 0 Å². The van der Waals surface area contributed by atoms with Crippen LogP contribution in [-0.2, 0) is 9.47 Å². The lowest BCUT2D eigenvalue weighted by Gasteiger charge is -2.38. The van der Waals surface area contributed by atoms with Gasteiger partial charge in [0.1, 0.15) is 0 Å². The van der Waals surface area contributed by atoms with E-state index in [9.17, 15) is 5.11 Å². The Kier molecular flexibility index (Phi) is 4.19. The molecule has 94 valence electrons. The molecular formula is C12H23NO3. The van der Waals surface area contributed by atoms with Crippen molar-refractivity contribution in [2.45, 2.75) is 25.4 Å². The van der Waals surface area contributed by atoms with Gasteiger partial charge in [0.25, 0.3) is 0 Å². The first-order valence-corrected chi connectivity index (χ1v) is 6.22. The van der Waals surface area contributed by atoms with Crippen LogP contribution in [-0.4, -0.2) is 62.7 Å². The van der Waals surface area contributed by atoms with Crippen LogP contribution >= 0.6 is 0 Å². The lowest BCUT2D eigenvalue weighted by Crippen LogP contribution is -2.43. The molecule has 0 spiro atoms. The van der Waals surface area contributed by atoms with Crippen LogP contribution in [0.15, 0.2) is 0 Å². The molecule has 0 saturated carbocycles. The van der Waals surface area contributed by atoms with Gasteiger partial charge in [-0.05, 0) is 19.3 Å². The molecule has 4 nitrogen and oxygen atoms in total. The second-order valence-corrected chi connectivity index (χ2v) is 5.15. The summed E-state index contributed by atoms with van der Waals surface area (Å²) in [5.74, 6) is 0. The van der Waals surface area contributed by atoms with Gasteiger partial charge in [0, 0.05) is 45.4 Å². The Morgan fingerprint density at radius 3 is 2.75 bits per heavy atom. The first kappa shape index (κ1) is 12.3. The first-order chi connectivity index (χ1) is 7.78. The van der Waals surface area contributed by atoms with E-state index < -0.39 is 0 Å². The van der Waals surface area contributed by atoms with Crippen molar-refractivity contribution in [2.24, 2.45) is 5.41 Å². The standard InChI is InChI=1S/C12H23NO3/c1-15-11-2-5-13(8-11)9-12(10-14)3-6-16-7-4-12/h11,14H,2-10H2,1H3. The van der Waals surface area contributed by atoms with Gasteiger partial charge in [-0.1, -0.05) is 0 Å². The van der Waals surface area contributed by atoms with Crippen LogP contribution in [0.4, 0.5) is 0 Å². The van der Waals surface area contributed by atoms with Crippen LogP contribution in [0.25, 0.3) is 0 Å². The molecule has 0 amide bonds. The topological polar surface area (TPSA) is 41.9 Å². The van der Waals surface area contributed by atoms with Crippen molar-refractivity contribution in [3.05, 3.63) is 0 Å². The number of likely N-dealkylation sites (tertiary alicyclic amines) is 1. The van der Waals surface area contributed by atoms with Crippen molar-refractivity contribution in [1.29, 1.82) is 0 Å². The Bertz CT molecular complexity index is 216. The smallest absolute Gasteiger partial charge is 0.0710 e. The van der Waals surface area contributed by atoms with Crippen LogP contribution in [0.1, 0.15) is 19.3 Å². The maximum Gasteiger partial charge on any atom is 0.0710 e. The van der Waals surface area contributed by atoms with E-state index in [4.69, 9.17) is 9.47 Å². The number of aliphatic hydroxyl groups is 1. The van der Waals surface area contributed by atoms with E-state index in [0.717, 1.165) is 52.1 Å². The molecule has 2 saturated heterocycles. The maximum absolute atomic E-state index is 9.61. The SMILES string of the molecule is COC1CCN(CC2(CO)CCOCC2)C1. The second kappa shape index (κ2) is 5.45. The summed E-state index contributed by atoms with van der Waals surface area (Å²) in [7, 11) is 1.78. The van der Waals surface area contributed by atoms with Gasteiger partial charge in [0.15, 0.2) is 0 Å². The number of methoxy groups -OCH3 is 1. The Hall–Kier alpha value is -0.160. The van der Waals surface area contributed by atoms with Crippen LogP contribution in [0.3, 0.4) is 0 Å². The number of rotatable bonds is 4. The fourth-order valence-corrected chi connectivity index (χ4v) is 2.78. The van der Waals surface area contributed by atoms with Crippen LogP contribution < -0.4 is 0 Å². The molecule has 0 aromatic carbocycles. The summed E-state index contributed by atoms with van der Waals surface area (Å²) in [5, 5.41) is 9.61. The molecule has 0 bridgehead atoms. The lowest BCUT2D eigenvalue weighted by atomic mass is 9.80. The predicted molar refractivity (Wildman–Crippen MR) is 61.4 cm³/mol. The zero-order valence-corrected chi connectivity index (χ0v) is 10.2. The van der Waals surface area contributed by atoms with E-state index in [2.05, 4.69) is 4.90 Å². The number of ether oxygens (including phenoxy) is 2. The van der Waals surface area contributed by atoms with Gasteiger partial charge in [0.05, 0.1) is 12.7 Å². The van der Waals surface area contributed by atoms with E-state index in [-0.39, 0.29) is 12.0 Å². The summed E-state index contributed by atoms with van der Waals surface area (Å²) in [6.45, 7) is 4.97. The van der Waals surface area contributed by atoms with Gasteiger partial charge < -0.3 is 19.5 Å². The quantitative estimate of drug-likeness (QED) is 0.762. The third kappa shape index (κ3) is 2.74. The zero-order valence-electron chi connectivity index (χ0n) is 10.2. The van der Waals surface area contributed by atoms with Gasteiger partial charge in [-0.3, -0.25) is 0 Å². The fourth-order valence-electron chi connectivity index (χ4n) is 2.78. The monoisotopic (exact) mass is 229 g/mol. The van der Waals surface area contributed by atoms with Crippen molar-refractivity contribution in [2.75, 3.05) is 46.6 Å². The minimum atomic E-state index is 0.0703. The molecule has 2 aliphatic rings. The van der Waals surface area contributed by atoms with Gasteiger partial charge in [-0.2, -0.15) is 0 Å². The molecule has 2 fully saturated rings. The third-order valence-corrected chi connectivity index (χ3v) is 4.01. The Morgan fingerprint density at radius 2 is 2.19 bits per heavy atom. The van der Waals surface area contributed by atoms with Crippen LogP contribution in [0.2, 0.25) is 0 Å². The number of hydrogen-bond donors (Lipinski definition) is 1. The molecule has 16 heavy (non-hydrogen) atoms. The van der Waals surface area contributed by atoms with E-state index >= 15 is 0 Å². The molecule has 0 radical (unpaired) electrons. The molecule has 0 aromatic heterocycles. The van der Waals surface area contributed by atoms with Crippen molar-refractivity contribution in [3.8, 4) is 0 Å². The highest BCUT2D eigenvalue weighted by Crippen LogP contribution is 2.32. The molecule has 4 heteroatoms. The van der Waals surface area contributed by atoms with Crippen molar-refractivity contribution < 1.29 is 14.6 Å². The van der Waals surface area contributed by atoms with Crippen LogP contribution in [0.5, 0.6) is 0 Å². The molecule has 2 rings (SSSR count). The second-order valence-electron chi connectivity index (χ2n) is 5.15. The normalized spacial score (nSPS) is 30.8. The Morgan fingerprint density at radius 1 is 1.44 bits per heavy atom. The Balaban J connectivity index is 1.86. The zero-order chi connectivity index (χ0) is 11.4. The highest BCUT2D eigenvalue weighted by Gasteiger charge is 2.35. The molecule has 0 aliphatic carbocycles. The molecule has 2 aliphatic heterocycles. The van der Waals surface area contributed by atoms with Gasteiger partial charge in [-0.25, -0.2) is 0 Å². The van der Waals surface area contributed by atoms with E-state index in [1.165, 1.54) is 0 Å². The summed E-state index contributed by atoms with van der Waals surface area (Å²) >= 11 is 0. The predicted octanol–water partition coefficient (Wildman–Crippen LogP) is 0.496. The van der Waals surface area contributed by atoms with E-state index in [0.29, 0.717) is 6.10 Å². The van der Waals surface area contributed by atoms with Gasteiger partial charge in [0.2, 0.25) is 0 Å². The molecular weight excluding hydrogens is 206 g/mol. The average Bonchev–Trinajstić information content (AvgIpc) is 2.78. The molecule has 1 N–H and O–H groups in total. The van der Waals surface area contributed by atoms with Crippen molar-refractivity contribution >= 4 is 0 Å². The maximum atomic E-state index is 9.61. The van der Waals surface area contributed by atoms with E-state index in [1.807, 2.05) is 0 Å². The molecule has 1 atom stereocenters. The van der Waals surface area contributed by atoms with Gasteiger partial charge in [-0.15, -0.1) is 0 Å². The molecule has 0 aromatic rings. The summed E-state index contributed by atoms with van der Waals surface area (Å²) in [6, 6.07) is 0. The summed E-state index contributed by atoms with van der Waals surface area (Å²) in [5.41, 5.74) is 0.0703. The summed E-state index contributed by atoms with van der Waals surface area (Å²) in [6.07, 6.45) is 3.47. The highest BCUT2D eigenvalue weighted by atomic mass is 16.5. The number of nitrogens with zero attached hydrogens (tertiary/aromatic N) is 1. The van der Waals surface area contributed by atoms with Crippen molar-refractivity contribution in [3.63, 3.8) is 0 Å². The van der Waals surface area contributed by atoms with E-state index in [1.54, 1.807) is 7.11 Å². The van der Waals surface area contributed by atoms with Crippen LogP contribution in [0, 0.1) is 5.41 Å². The fraction of sp³-hybridized carbons (Fsp3) is 1.00. The highest BCUT2D eigenvalue weighted by molar-refractivity contribution is 4.87. The largest absolute Gasteiger partial charge is 0.396 e. The minimum Gasteiger partial charge on any atom is -0.396 e. The average molecular weight is 229 g/mol. The third-order valence-electron chi connectivity index (χ3n) is 4.01. The first-order valence-electron chi connectivity index (χ1n) is 6.22. The minimum absolute atomic E-state index is 0.0703. The number of aliphatic hydroxyl groups excluding tert-OH is 1. The lowest BCUT2D eigenvalue weighted by molar-refractivity contribution is -0.0329. The molecule has 2 heterocycles. The number of hydrogen-bond acceptors (Lipinski definition) is 4. The Labute approximate surface area is 97.5 Å². The summed E-state index contributed by atoms with van der Waals surface area (Å²) in [4.78, 5) is 2.43. The molecule has 1 unspecified atom stereocenters. The summed E-state index contributed by atoms with van der Waals surface area (Å²) < 4.78 is 10.7. The van der Waals surface area contributed by atoms with Crippen molar-refractivity contribution in [1.82, 2.24) is 4.90 Å².